The first-order chi connectivity index (χ1) is 16.2. The van der Waals surface area contributed by atoms with Crippen molar-refractivity contribution < 1.29 is 17.6 Å². The van der Waals surface area contributed by atoms with Gasteiger partial charge in [-0.2, -0.15) is 5.10 Å². The molecule has 3 heterocycles. The molecular formula is C24H20ClFN4O3S. The molecule has 0 spiro atoms. The SMILES string of the molecule is Cc1nn(C2CCS(=O)(=O)C2)c2nc(-c3ccc(F)cc3)cc(C(=O)Nc3cccc(Cl)c3)c12. The van der Waals surface area contributed by atoms with Gasteiger partial charge in [-0.25, -0.2) is 22.5 Å². The van der Waals surface area contributed by atoms with Crippen LogP contribution in [0.15, 0.2) is 54.6 Å². The third-order valence-corrected chi connectivity index (χ3v) is 7.84. The van der Waals surface area contributed by atoms with Crippen LogP contribution in [0.4, 0.5) is 10.1 Å². The lowest BCUT2D eigenvalue weighted by molar-refractivity contribution is 0.102. The highest BCUT2D eigenvalue weighted by molar-refractivity contribution is 7.91. The molecular weight excluding hydrogens is 479 g/mol. The van der Waals surface area contributed by atoms with Crippen LogP contribution in [0.5, 0.6) is 0 Å². The van der Waals surface area contributed by atoms with E-state index in [-0.39, 0.29) is 29.3 Å². The molecule has 34 heavy (non-hydrogen) atoms. The number of fused-ring (bicyclic) bond motifs is 1. The molecule has 0 bridgehead atoms. The van der Waals surface area contributed by atoms with Gasteiger partial charge in [-0.15, -0.1) is 0 Å². The van der Waals surface area contributed by atoms with Gasteiger partial charge in [-0.05, 0) is 61.9 Å². The number of benzene rings is 2. The average molecular weight is 499 g/mol. The van der Waals surface area contributed by atoms with Crippen LogP contribution in [0.2, 0.25) is 5.02 Å². The second-order valence-electron chi connectivity index (χ2n) is 8.31. The maximum absolute atomic E-state index is 13.5. The molecule has 2 aromatic carbocycles. The quantitative estimate of drug-likeness (QED) is 0.435. The fraction of sp³-hybridized carbons (Fsp3) is 0.208. The summed E-state index contributed by atoms with van der Waals surface area (Å²) in [6.45, 7) is 1.76. The van der Waals surface area contributed by atoms with Crippen molar-refractivity contribution in [3.8, 4) is 11.3 Å². The van der Waals surface area contributed by atoms with Crippen LogP contribution >= 0.6 is 11.6 Å². The number of halogens is 2. The first kappa shape index (κ1) is 22.5. The number of aryl methyl sites for hydroxylation is 1. The number of pyridine rings is 1. The van der Waals surface area contributed by atoms with Crippen molar-refractivity contribution in [1.82, 2.24) is 14.8 Å². The molecule has 2 aromatic heterocycles. The van der Waals surface area contributed by atoms with E-state index in [9.17, 15) is 17.6 Å². The molecule has 0 saturated carbocycles. The van der Waals surface area contributed by atoms with Crippen LogP contribution in [0, 0.1) is 12.7 Å². The first-order valence-corrected chi connectivity index (χ1v) is 12.8. The Bertz CT molecular complexity index is 1530. The zero-order valence-electron chi connectivity index (χ0n) is 18.1. The molecule has 1 saturated heterocycles. The predicted octanol–water partition coefficient (Wildman–Crippen LogP) is 4.81. The highest BCUT2D eigenvalue weighted by atomic mass is 35.5. The zero-order chi connectivity index (χ0) is 24.0. The van der Waals surface area contributed by atoms with E-state index in [0.29, 0.717) is 50.7 Å². The van der Waals surface area contributed by atoms with E-state index < -0.39 is 9.84 Å². The highest BCUT2D eigenvalue weighted by Gasteiger charge is 2.32. The van der Waals surface area contributed by atoms with Crippen LogP contribution in [-0.2, 0) is 9.84 Å². The van der Waals surface area contributed by atoms with Gasteiger partial charge < -0.3 is 5.32 Å². The summed E-state index contributed by atoms with van der Waals surface area (Å²) in [4.78, 5) is 18.1. The van der Waals surface area contributed by atoms with Gasteiger partial charge in [-0.1, -0.05) is 17.7 Å². The Hall–Kier alpha value is -3.30. The molecule has 4 aromatic rings. The number of sulfone groups is 1. The van der Waals surface area contributed by atoms with Gasteiger partial charge in [0.25, 0.3) is 5.91 Å². The molecule has 7 nitrogen and oxygen atoms in total. The number of carbonyl (C=O) groups is 1. The fourth-order valence-electron chi connectivity index (χ4n) is 4.25. The third-order valence-electron chi connectivity index (χ3n) is 5.86. The number of amides is 1. The van der Waals surface area contributed by atoms with Gasteiger partial charge in [0.15, 0.2) is 15.5 Å². The number of aromatic nitrogens is 3. The van der Waals surface area contributed by atoms with Crippen LogP contribution in [0.3, 0.4) is 0 Å². The fourth-order valence-corrected chi connectivity index (χ4v) is 6.13. The molecule has 5 rings (SSSR count). The normalized spacial score (nSPS) is 17.2. The summed E-state index contributed by atoms with van der Waals surface area (Å²) >= 11 is 6.06. The Balaban J connectivity index is 1.68. The molecule has 1 aliphatic rings. The summed E-state index contributed by atoms with van der Waals surface area (Å²) in [5, 5.41) is 8.45. The molecule has 1 amide bonds. The third kappa shape index (κ3) is 4.28. The van der Waals surface area contributed by atoms with Crippen molar-refractivity contribution >= 4 is 44.1 Å². The number of anilines is 1. The maximum atomic E-state index is 13.5. The number of carbonyl (C=O) groups excluding carboxylic acids is 1. The monoisotopic (exact) mass is 498 g/mol. The molecule has 1 aliphatic heterocycles. The summed E-state index contributed by atoms with van der Waals surface area (Å²) < 4.78 is 39.3. The van der Waals surface area contributed by atoms with E-state index >= 15 is 0 Å². The molecule has 1 atom stereocenters. The standard InChI is InChI=1S/C24H20ClFN4O3S/c1-14-22-20(24(31)27-18-4-2-3-16(25)11-18)12-21(15-5-7-17(26)8-6-15)28-23(22)30(29-14)19-9-10-34(32,33)13-19/h2-8,11-12,19H,9-10,13H2,1H3,(H,27,31). The summed E-state index contributed by atoms with van der Waals surface area (Å²) in [5.74, 6) is -0.728. The van der Waals surface area contributed by atoms with Crippen molar-refractivity contribution in [3.63, 3.8) is 0 Å². The van der Waals surface area contributed by atoms with Gasteiger partial charge in [0.1, 0.15) is 5.82 Å². The van der Waals surface area contributed by atoms with E-state index in [4.69, 9.17) is 16.6 Å². The number of nitrogens with one attached hydrogen (secondary N) is 1. The van der Waals surface area contributed by atoms with Crippen molar-refractivity contribution in [2.24, 2.45) is 0 Å². The molecule has 0 radical (unpaired) electrons. The van der Waals surface area contributed by atoms with Gasteiger partial charge in [0.2, 0.25) is 0 Å². The Morgan fingerprint density at radius 3 is 2.62 bits per heavy atom. The summed E-state index contributed by atoms with van der Waals surface area (Å²) in [7, 11) is -3.16. The summed E-state index contributed by atoms with van der Waals surface area (Å²) in [5.41, 5.74) is 2.90. The van der Waals surface area contributed by atoms with Crippen molar-refractivity contribution in [2.75, 3.05) is 16.8 Å². The molecule has 0 aliphatic carbocycles. The van der Waals surface area contributed by atoms with Crippen LogP contribution in [0.1, 0.15) is 28.5 Å². The lowest BCUT2D eigenvalue weighted by Gasteiger charge is -2.12. The predicted molar refractivity (Wildman–Crippen MR) is 129 cm³/mol. The summed E-state index contributed by atoms with van der Waals surface area (Å²) in [6, 6.07) is 13.9. The van der Waals surface area contributed by atoms with Crippen LogP contribution in [0.25, 0.3) is 22.3 Å². The molecule has 1 unspecified atom stereocenters. The Kier molecular flexibility index (Phi) is 5.61. The van der Waals surface area contributed by atoms with Gasteiger partial charge in [0.05, 0.1) is 39.9 Å². The maximum Gasteiger partial charge on any atom is 0.256 e. The van der Waals surface area contributed by atoms with Crippen molar-refractivity contribution in [2.45, 2.75) is 19.4 Å². The minimum Gasteiger partial charge on any atom is -0.322 e. The summed E-state index contributed by atoms with van der Waals surface area (Å²) in [6.07, 6.45) is 0.422. The molecule has 10 heteroatoms. The van der Waals surface area contributed by atoms with Gasteiger partial charge >= 0.3 is 0 Å². The topological polar surface area (TPSA) is 93.9 Å². The van der Waals surface area contributed by atoms with Crippen molar-refractivity contribution in [3.05, 3.63) is 76.7 Å². The Labute approximate surface area is 200 Å². The van der Waals surface area contributed by atoms with Gasteiger partial charge in [0, 0.05) is 16.3 Å². The minimum absolute atomic E-state index is 0.0320. The van der Waals surface area contributed by atoms with Crippen LogP contribution < -0.4 is 5.32 Å². The Morgan fingerprint density at radius 1 is 1.18 bits per heavy atom. The number of rotatable bonds is 4. The lowest BCUT2D eigenvalue weighted by atomic mass is 10.0. The van der Waals surface area contributed by atoms with Gasteiger partial charge in [-0.3, -0.25) is 4.79 Å². The van der Waals surface area contributed by atoms with E-state index in [0.717, 1.165) is 0 Å². The second kappa shape index (κ2) is 8.48. The number of hydrogen-bond acceptors (Lipinski definition) is 5. The minimum atomic E-state index is -3.16. The zero-order valence-corrected chi connectivity index (χ0v) is 19.7. The molecule has 1 N–H and O–H groups in total. The highest BCUT2D eigenvalue weighted by Crippen LogP contribution is 2.32. The largest absolute Gasteiger partial charge is 0.322 e. The number of hydrogen-bond donors (Lipinski definition) is 1. The average Bonchev–Trinajstić information content (AvgIpc) is 3.32. The van der Waals surface area contributed by atoms with E-state index in [1.807, 2.05) is 0 Å². The first-order valence-electron chi connectivity index (χ1n) is 10.6. The van der Waals surface area contributed by atoms with E-state index in [2.05, 4.69) is 10.4 Å². The molecule has 174 valence electrons. The Morgan fingerprint density at radius 2 is 1.94 bits per heavy atom. The lowest BCUT2D eigenvalue weighted by Crippen LogP contribution is -2.15. The second-order valence-corrected chi connectivity index (χ2v) is 11.0. The van der Waals surface area contributed by atoms with E-state index in [1.165, 1.54) is 12.1 Å². The molecule has 1 fully saturated rings. The van der Waals surface area contributed by atoms with Crippen LogP contribution in [-0.4, -0.2) is 40.6 Å². The smallest absolute Gasteiger partial charge is 0.256 e. The van der Waals surface area contributed by atoms with E-state index in [1.54, 1.807) is 54.1 Å². The number of nitrogens with zero attached hydrogens (tertiary/aromatic N) is 3. The van der Waals surface area contributed by atoms with Crippen molar-refractivity contribution in [1.29, 1.82) is 0 Å².